The summed E-state index contributed by atoms with van der Waals surface area (Å²) in [5.41, 5.74) is 4.76. The number of hydrogen-bond acceptors (Lipinski definition) is 3. The summed E-state index contributed by atoms with van der Waals surface area (Å²) in [7, 11) is 0. The van der Waals surface area contributed by atoms with Gasteiger partial charge in [0.1, 0.15) is 5.82 Å². The normalized spacial score (nSPS) is 15.0. The summed E-state index contributed by atoms with van der Waals surface area (Å²) in [6.07, 6.45) is 4.96. The van der Waals surface area contributed by atoms with Gasteiger partial charge >= 0.3 is 0 Å². The van der Waals surface area contributed by atoms with Crippen molar-refractivity contribution in [3.63, 3.8) is 0 Å². The maximum Gasteiger partial charge on any atom is 0.258 e. The van der Waals surface area contributed by atoms with Gasteiger partial charge in [0, 0.05) is 11.1 Å². The molecule has 1 aliphatic rings. The largest absolute Gasteiger partial charge is 0.309 e. The van der Waals surface area contributed by atoms with Crippen molar-refractivity contribution in [2.75, 3.05) is 0 Å². The lowest BCUT2D eigenvalue weighted by atomic mass is 9.89. The summed E-state index contributed by atoms with van der Waals surface area (Å²) in [5, 5.41) is 4.52. The van der Waals surface area contributed by atoms with Crippen molar-refractivity contribution in [2.24, 2.45) is 0 Å². The third-order valence-corrected chi connectivity index (χ3v) is 5.40. The van der Waals surface area contributed by atoms with Gasteiger partial charge in [-0.05, 0) is 67.5 Å². The number of nitrogens with one attached hydrogen (secondary N) is 2. The highest BCUT2D eigenvalue weighted by Gasteiger charge is 2.13. The van der Waals surface area contributed by atoms with Gasteiger partial charge in [-0.2, -0.15) is 0 Å². The highest BCUT2D eigenvalue weighted by molar-refractivity contribution is 6.31. The van der Waals surface area contributed by atoms with E-state index in [1.54, 1.807) is 18.2 Å². The number of rotatable bonds is 4. The molecular formula is C21H22ClN3O. The minimum Gasteiger partial charge on any atom is -0.309 e. The van der Waals surface area contributed by atoms with Crippen molar-refractivity contribution >= 4 is 22.5 Å². The molecule has 0 spiro atoms. The average molecular weight is 368 g/mol. The fourth-order valence-corrected chi connectivity index (χ4v) is 3.81. The fraction of sp³-hybridized carbons (Fsp3) is 0.333. The first-order valence-electron chi connectivity index (χ1n) is 9.14. The SMILES string of the molecule is CC(NCc1nc2ccc(Cl)cc2c(=O)[nH]1)c1ccc2c(c1)CCCC2. The number of aryl methyl sites for hydroxylation is 2. The van der Waals surface area contributed by atoms with Crippen molar-refractivity contribution in [1.82, 2.24) is 15.3 Å². The van der Waals surface area contributed by atoms with Gasteiger partial charge in [0.2, 0.25) is 0 Å². The lowest BCUT2D eigenvalue weighted by Crippen LogP contribution is -2.22. The summed E-state index contributed by atoms with van der Waals surface area (Å²) in [4.78, 5) is 19.6. The van der Waals surface area contributed by atoms with Crippen LogP contribution in [0.5, 0.6) is 0 Å². The van der Waals surface area contributed by atoms with Gasteiger partial charge in [-0.3, -0.25) is 4.79 Å². The molecule has 2 N–H and O–H groups in total. The Hall–Kier alpha value is -2.17. The van der Waals surface area contributed by atoms with Crippen molar-refractivity contribution in [2.45, 2.75) is 45.2 Å². The first-order chi connectivity index (χ1) is 12.6. The van der Waals surface area contributed by atoms with E-state index in [1.165, 1.54) is 42.4 Å². The number of aromatic amines is 1. The van der Waals surface area contributed by atoms with E-state index < -0.39 is 0 Å². The average Bonchev–Trinajstić information content (AvgIpc) is 2.66. The molecule has 4 nitrogen and oxygen atoms in total. The van der Waals surface area contributed by atoms with Crippen LogP contribution in [0, 0.1) is 0 Å². The van der Waals surface area contributed by atoms with Gasteiger partial charge in [-0.25, -0.2) is 4.98 Å². The lowest BCUT2D eigenvalue weighted by molar-refractivity contribution is 0.557. The third kappa shape index (κ3) is 3.53. The molecule has 0 bridgehead atoms. The zero-order valence-corrected chi connectivity index (χ0v) is 15.6. The molecule has 3 aromatic rings. The Morgan fingerprint density at radius 3 is 2.81 bits per heavy atom. The van der Waals surface area contributed by atoms with Crippen molar-refractivity contribution in [3.8, 4) is 0 Å². The molecule has 0 radical (unpaired) electrons. The summed E-state index contributed by atoms with van der Waals surface area (Å²) >= 11 is 5.96. The first-order valence-corrected chi connectivity index (χ1v) is 9.51. The zero-order chi connectivity index (χ0) is 18.1. The Balaban J connectivity index is 1.51. The lowest BCUT2D eigenvalue weighted by Gasteiger charge is -2.20. The second-order valence-corrected chi connectivity index (χ2v) is 7.45. The Labute approximate surface area is 157 Å². The Morgan fingerprint density at radius 2 is 1.96 bits per heavy atom. The number of halogens is 1. The van der Waals surface area contributed by atoms with Crippen molar-refractivity contribution < 1.29 is 0 Å². The van der Waals surface area contributed by atoms with Crippen LogP contribution >= 0.6 is 11.6 Å². The number of hydrogen-bond donors (Lipinski definition) is 2. The van der Waals surface area contributed by atoms with Crippen LogP contribution in [0.4, 0.5) is 0 Å². The fourth-order valence-electron chi connectivity index (χ4n) is 3.63. The van der Waals surface area contributed by atoms with Gasteiger partial charge in [-0.1, -0.05) is 29.8 Å². The second-order valence-electron chi connectivity index (χ2n) is 7.01. The molecule has 26 heavy (non-hydrogen) atoms. The molecule has 1 atom stereocenters. The molecule has 2 aromatic carbocycles. The molecule has 0 fully saturated rings. The van der Waals surface area contributed by atoms with E-state index in [2.05, 4.69) is 40.4 Å². The minimum absolute atomic E-state index is 0.157. The van der Waals surface area contributed by atoms with Crippen molar-refractivity contribution in [3.05, 3.63) is 74.3 Å². The van der Waals surface area contributed by atoms with E-state index in [0.29, 0.717) is 28.3 Å². The van der Waals surface area contributed by atoms with Gasteiger partial charge in [0.15, 0.2) is 0 Å². The highest BCUT2D eigenvalue weighted by atomic mass is 35.5. The monoisotopic (exact) mass is 367 g/mol. The predicted octanol–water partition coefficient (Wildman–Crippen LogP) is 4.31. The summed E-state index contributed by atoms with van der Waals surface area (Å²) in [5.74, 6) is 0.634. The van der Waals surface area contributed by atoms with Gasteiger partial charge < -0.3 is 10.3 Å². The first kappa shape index (κ1) is 17.3. The molecule has 5 heteroatoms. The number of H-pyrrole nitrogens is 1. The molecule has 1 aromatic heterocycles. The van der Waals surface area contributed by atoms with Crippen LogP contribution in [-0.4, -0.2) is 9.97 Å². The minimum atomic E-state index is -0.157. The summed E-state index contributed by atoms with van der Waals surface area (Å²) in [6, 6.07) is 12.2. The van der Waals surface area contributed by atoms with Crippen LogP contribution < -0.4 is 10.9 Å². The van der Waals surface area contributed by atoms with Gasteiger partial charge in [-0.15, -0.1) is 0 Å². The van der Waals surface area contributed by atoms with E-state index in [9.17, 15) is 4.79 Å². The molecule has 0 aliphatic heterocycles. The summed E-state index contributed by atoms with van der Waals surface area (Å²) in [6.45, 7) is 2.65. The third-order valence-electron chi connectivity index (χ3n) is 5.16. The van der Waals surface area contributed by atoms with E-state index in [1.807, 2.05) is 0 Å². The Morgan fingerprint density at radius 1 is 1.15 bits per heavy atom. The van der Waals surface area contributed by atoms with Crippen LogP contribution in [0.25, 0.3) is 10.9 Å². The second kappa shape index (κ2) is 7.22. The summed E-state index contributed by atoms with van der Waals surface area (Å²) < 4.78 is 0. The van der Waals surface area contributed by atoms with Crippen LogP contribution in [0.15, 0.2) is 41.2 Å². The maximum atomic E-state index is 12.2. The molecule has 1 aliphatic carbocycles. The van der Waals surface area contributed by atoms with Crippen LogP contribution in [0.2, 0.25) is 5.02 Å². The number of nitrogens with zero attached hydrogens (tertiary/aromatic N) is 1. The number of benzene rings is 2. The van der Waals surface area contributed by atoms with Crippen LogP contribution in [0.1, 0.15) is 48.3 Å². The zero-order valence-electron chi connectivity index (χ0n) is 14.8. The molecule has 0 amide bonds. The molecule has 1 unspecified atom stereocenters. The molecular weight excluding hydrogens is 346 g/mol. The molecule has 0 saturated heterocycles. The molecule has 4 rings (SSSR count). The standard InChI is InChI=1S/C21H22ClN3O/c1-13(15-7-6-14-4-2-3-5-16(14)10-15)23-12-20-24-19-9-8-17(22)11-18(19)21(26)25-20/h6-11,13,23H,2-5,12H2,1H3,(H,24,25,26). The van der Waals surface area contributed by atoms with E-state index in [-0.39, 0.29) is 11.6 Å². The van der Waals surface area contributed by atoms with Crippen LogP contribution in [0.3, 0.4) is 0 Å². The van der Waals surface area contributed by atoms with E-state index in [4.69, 9.17) is 11.6 Å². The predicted molar refractivity (Wildman–Crippen MR) is 106 cm³/mol. The topological polar surface area (TPSA) is 57.8 Å². The molecule has 1 heterocycles. The number of aromatic nitrogens is 2. The smallest absolute Gasteiger partial charge is 0.258 e. The Kier molecular flexibility index (Phi) is 4.79. The Bertz CT molecular complexity index is 1010. The van der Waals surface area contributed by atoms with Crippen molar-refractivity contribution in [1.29, 1.82) is 0 Å². The van der Waals surface area contributed by atoms with Gasteiger partial charge in [0.25, 0.3) is 5.56 Å². The van der Waals surface area contributed by atoms with E-state index in [0.717, 1.165) is 0 Å². The quantitative estimate of drug-likeness (QED) is 0.722. The highest BCUT2D eigenvalue weighted by Crippen LogP contribution is 2.25. The van der Waals surface area contributed by atoms with E-state index >= 15 is 0 Å². The van der Waals surface area contributed by atoms with Crippen LogP contribution in [-0.2, 0) is 19.4 Å². The van der Waals surface area contributed by atoms with Gasteiger partial charge in [0.05, 0.1) is 17.4 Å². The number of fused-ring (bicyclic) bond motifs is 2. The maximum absolute atomic E-state index is 12.2. The molecule has 134 valence electrons. The molecule has 0 saturated carbocycles.